The molecule has 0 bridgehead atoms. The van der Waals surface area contributed by atoms with Gasteiger partial charge in [0.1, 0.15) is 17.1 Å². The molecule has 1 atom stereocenters. The third-order valence-electron chi connectivity index (χ3n) is 6.12. The molecule has 0 spiro atoms. The minimum Gasteiger partial charge on any atom is -0.507 e. The molecule has 2 aromatic heterocycles. The molecule has 36 heavy (non-hydrogen) atoms. The van der Waals surface area contributed by atoms with E-state index < -0.39 is 17.5 Å². The third-order valence-corrected chi connectivity index (χ3v) is 7.20. The summed E-state index contributed by atoms with van der Waals surface area (Å²) in [5.41, 5.74) is 1.61. The smallest absolute Gasteiger partial charge is 0.410 e. The first kappa shape index (κ1) is 29.1. The summed E-state index contributed by atoms with van der Waals surface area (Å²) in [7, 11) is 1.28. The van der Waals surface area contributed by atoms with Crippen molar-refractivity contribution < 1.29 is 23.8 Å². The maximum Gasteiger partial charge on any atom is 0.410 e. The lowest BCUT2D eigenvalue weighted by atomic mass is 9.99. The van der Waals surface area contributed by atoms with E-state index in [4.69, 9.17) is 4.42 Å². The van der Waals surface area contributed by atoms with Crippen molar-refractivity contribution in [1.29, 1.82) is 0 Å². The molecule has 0 radical (unpaired) electrons. The van der Waals surface area contributed by atoms with Gasteiger partial charge in [-0.15, -0.1) is 11.3 Å². The number of aryl methyl sites for hydroxylation is 1. The highest BCUT2D eigenvalue weighted by Crippen LogP contribution is 2.29. The van der Waals surface area contributed by atoms with E-state index in [1.165, 1.54) is 44.2 Å². The van der Waals surface area contributed by atoms with Gasteiger partial charge in [0, 0.05) is 23.1 Å². The number of nitrogens with one attached hydrogen (secondary N) is 1. The second kappa shape index (κ2) is 14.4. The van der Waals surface area contributed by atoms with Crippen LogP contribution >= 0.6 is 11.3 Å². The Bertz CT molecular complexity index is 1160. The predicted octanol–water partition coefficient (Wildman–Crippen LogP) is 6.88. The second-order valence-electron chi connectivity index (χ2n) is 8.93. The summed E-state index contributed by atoms with van der Waals surface area (Å²) in [5, 5.41) is 15.1. The van der Waals surface area contributed by atoms with Crippen LogP contribution in [0.2, 0.25) is 0 Å². The topological polar surface area (TPSA) is 106 Å². The Morgan fingerprint density at radius 2 is 2.03 bits per heavy atom. The van der Waals surface area contributed by atoms with Gasteiger partial charge in [0.05, 0.1) is 7.11 Å². The van der Waals surface area contributed by atoms with E-state index in [0.717, 1.165) is 23.3 Å². The van der Waals surface area contributed by atoms with E-state index in [-0.39, 0.29) is 17.2 Å². The molecule has 2 aromatic rings. The zero-order chi connectivity index (χ0) is 26.7. The predicted molar refractivity (Wildman–Crippen MR) is 144 cm³/mol. The summed E-state index contributed by atoms with van der Waals surface area (Å²) in [5.74, 6) is -0.814. The summed E-state index contributed by atoms with van der Waals surface area (Å²) in [6, 6.07) is 1.34. The highest BCUT2D eigenvalue weighted by Gasteiger charge is 2.22. The van der Waals surface area contributed by atoms with Crippen LogP contribution in [0.25, 0.3) is 6.08 Å². The van der Waals surface area contributed by atoms with Crippen molar-refractivity contribution in [2.24, 2.45) is 0 Å². The molecule has 7 nitrogen and oxygen atoms in total. The van der Waals surface area contributed by atoms with Gasteiger partial charge in [0.2, 0.25) is 0 Å². The van der Waals surface area contributed by atoms with Crippen LogP contribution in [0.5, 0.6) is 5.75 Å². The van der Waals surface area contributed by atoms with Crippen LogP contribution in [0, 0.1) is 6.92 Å². The van der Waals surface area contributed by atoms with Gasteiger partial charge in [-0.2, -0.15) is 0 Å². The minimum absolute atomic E-state index is 0.184. The zero-order valence-electron chi connectivity index (χ0n) is 21.8. The number of rotatable bonds is 13. The van der Waals surface area contributed by atoms with Crippen LogP contribution in [-0.2, 0) is 11.2 Å². The number of carbonyl (C=O) groups excluding carboxylic acids is 2. The van der Waals surface area contributed by atoms with E-state index in [2.05, 4.69) is 29.3 Å². The number of allylic oxidation sites excluding steroid dienone is 2. The first-order valence-electron chi connectivity index (χ1n) is 12.4. The molecule has 2 rings (SSSR count). The minimum atomic E-state index is -0.850. The largest absolute Gasteiger partial charge is 0.507 e. The van der Waals surface area contributed by atoms with Crippen molar-refractivity contribution in [3.05, 3.63) is 67.0 Å². The molecule has 0 aliphatic carbocycles. The summed E-state index contributed by atoms with van der Waals surface area (Å²) in [6.45, 7) is 7.74. The summed E-state index contributed by atoms with van der Waals surface area (Å²) < 4.78 is 9.87. The summed E-state index contributed by atoms with van der Waals surface area (Å²) in [6.07, 6.45) is 11.5. The molecule has 0 aliphatic heterocycles. The monoisotopic (exact) mass is 515 g/mol. The maximum absolute atomic E-state index is 13.0. The van der Waals surface area contributed by atoms with Crippen LogP contribution in [0.4, 0.5) is 4.79 Å². The first-order chi connectivity index (χ1) is 17.2. The number of Topliss-reactive ketones (excluding diaryl/α,β-unsaturated/α-hetero) is 1. The van der Waals surface area contributed by atoms with Crippen LogP contribution in [0.15, 0.2) is 38.5 Å². The lowest BCUT2D eigenvalue weighted by molar-refractivity contribution is 0.102. The van der Waals surface area contributed by atoms with Gasteiger partial charge >= 0.3 is 11.7 Å². The fraction of sp³-hybridized carbons (Fsp3) is 0.464. The second-order valence-corrected chi connectivity index (χ2v) is 9.84. The molecular weight excluding hydrogens is 478 g/mol. The zero-order valence-corrected chi connectivity index (χ0v) is 22.6. The van der Waals surface area contributed by atoms with Crippen molar-refractivity contribution >= 4 is 29.3 Å². The number of ketones is 1. The van der Waals surface area contributed by atoms with Gasteiger partial charge < -0.3 is 14.3 Å². The highest BCUT2D eigenvalue weighted by molar-refractivity contribution is 7.11. The number of alkyl carbamates (subject to hydrolysis) is 1. The molecule has 1 amide bonds. The van der Waals surface area contributed by atoms with Crippen molar-refractivity contribution in [2.45, 2.75) is 78.6 Å². The number of hydrogen-bond donors (Lipinski definition) is 2. The van der Waals surface area contributed by atoms with Crippen molar-refractivity contribution in [2.75, 3.05) is 7.11 Å². The molecule has 8 heteroatoms. The van der Waals surface area contributed by atoms with Crippen molar-refractivity contribution in [1.82, 2.24) is 5.32 Å². The molecule has 0 aromatic carbocycles. The Hall–Kier alpha value is -3.13. The Morgan fingerprint density at radius 1 is 1.28 bits per heavy atom. The van der Waals surface area contributed by atoms with E-state index >= 15 is 0 Å². The Balaban J connectivity index is 2.10. The molecule has 1 unspecified atom stereocenters. The van der Waals surface area contributed by atoms with Gasteiger partial charge in [-0.1, -0.05) is 39.2 Å². The fourth-order valence-corrected chi connectivity index (χ4v) is 4.89. The number of thiophene rings is 1. The van der Waals surface area contributed by atoms with Gasteiger partial charge in [0.25, 0.3) is 0 Å². The molecule has 0 saturated carbocycles. The number of aromatic hydroxyl groups is 1. The van der Waals surface area contributed by atoms with Gasteiger partial charge in [-0.05, 0) is 67.7 Å². The standard InChI is InChI=1S/C28H37NO6S/c1-6-7-8-9-13-21-17-36-24(20(21)4)15-19(3)26(31)25-22(30)16-23(35-27(25)32)18(2)12-10-11-14-29-28(33)34-5/h11,14-18,30H,6-10,12-13H2,1-5H3,(H,29,33)/b14-11+,19-15+. The van der Waals surface area contributed by atoms with E-state index in [0.29, 0.717) is 24.2 Å². The Labute approximate surface area is 216 Å². The average Bonchev–Trinajstić information content (AvgIpc) is 3.19. The van der Waals surface area contributed by atoms with Crippen LogP contribution in [0.1, 0.15) is 97.3 Å². The van der Waals surface area contributed by atoms with Gasteiger partial charge in [-0.3, -0.25) is 10.1 Å². The molecule has 0 saturated heterocycles. The molecule has 196 valence electrons. The third kappa shape index (κ3) is 8.22. The Kier molecular flexibility index (Phi) is 11.7. The first-order valence-corrected chi connectivity index (χ1v) is 13.2. The van der Waals surface area contributed by atoms with Crippen LogP contribution < -0.4 is 10.9 Å². The quantitative estimate of drug-likeness (QED) is 0.171. The molecule has 0 aliphatic rings. The number of unbranched alkanes of at least 4 members (excludes halogenated alkanes) is 3. The summed E-state index contributed by atoms with van der Waals surface area (Å²) >= 11 is 1.58. The number of hydrogen-bond acceptors (Lipinski definition) is 7. The average molecular weight is 516 g/mol. The molecular formula is C28H37NO6S. The number of amides is 1. The fourth-order valence-electron chi connectivity index (χ4n) is 3.77. The van der Waals surface area contributed by atoms with Crippen molar-refractivity contribution in [3.8, 4) is 5.75 Å². The van der Waals surface area contributed by atoms with E-state index in [1.807, 2.05) is 6.92 Å². The van der Waals surface area contributed by atoms with Gasteiger partial charge in [-0.25, -0.2) is 9.59 Å². The van der Waals surface area contributed by atoms with Crippen molar-refractivity contribution in [3.63, 3.8) is 0 Å². The molecule has 0 fully saturated rings. The van der Waals surface area contributed by atoms with E-state index in [9.17, 15) is 19.5 Å². The lowest BCUT2D eigenvalue weighted by Crippen LogP contribution is -2.16. The normalized spacial score (nSPS) is 12.6. The number of carbonyl (C=O) groups is 2. The van der Waals surface area contributed by atoms with Crippen LogP contribution in [-0.4, -0.2) is 24.1 Å². The lowest BCUT2D eigenvalue weighted by Gasteiger charge is -2.11. The molecule has 2 heterocycles. The van der Waals surface area contributed by atoms with Crippen LogP contribution in [0.3, 0.4) is 0 Å². The van der Waals surface area contributed by atoms with E-state index in [1.54, 1.807) is 30.4 Å². The maximum atomic E-state index is 13.0. The summed E-state index contributed by atoms with van der Waals surface area (Å²) in [4.78, 5) is 37.7. The number of methoxy groups -OCH3 is 1. The number of ether oxygens (including phenoxy) is 1. The Morgan fingerprint density at radius 3 is 2.69 bits per heavy atom. The molecule has 2 N–H and O–H groups in total. The SMILES string of the molecule is CCCCCCc1csc(/C=C(\C)C(=O)c2c(O)cc(C(C)CC/C=C/NC(=O)OC)oc2=O)c1C. The van der Waals surface area contributed by atoms with Gasteiger partial charge in [0.15, 0.2) is 5.78 Å². The highest BCUT2D eigenvalue weighted by atomic mass is 32.1.